The van der Waals surface area contributed by atoms with E-state index in [4.69, 9.17) is 10.5 Å². The van der Waals surface area contributed by atoms with E-state index in [1.165, 1.54) is 12.1 Å². The van der Waals surface area contributed by atoms with Gasteiger partial charge in [-0.25, -0.2) is 14.4 Å². The predicted molar refractivity (Wildman–Crippen MR) is 76.2 cm³/mol. The van der Waals surface area contributed by atoms with Crippen molar-refractivity contribution in [1.82, 2.24) is 19.7 Å². The number of halogens is 1. The zero-order chi connectivity index (χ0) is 15.0. The van der Waals surface area contributed by atoms with Crippen molar-refractivity contribution in [3.05, 3.63) is 41.6 Å². The van der Waals surface area contributed by atoms with Gasteiger partial charge in [0.1, 0.15) is 24.0 Å². The Labute approximate surface area is 120 Å². The van der Waals surface area contributed by atoms with E-state index < -0.39 is 0 Å². The van der Waals surface area contributed by atoms with Gasteiger partial charge in [-0.15, -0.1) is 0 Å². The van der Waals surface area contributed by atoms with Crippen LogP contribution in [-0.4, -0.2) is 19.7 Å². The molecule has 7 heteroatoms. The molecular formula is C14H14FN5O. The second kappa shape index (κ2) is 5.01. The van der Waals surface area contributed by atoms with E-state index in [0.717, 1.165) is 0 Å². The van der Waals surface area contributed by atoms with Crippen molar-refractivity contribution >= 4 is 16.9 Å². The summed E-state index contributed by atoms with van der Waals surface area (Å²) in [6, 6.07) is 4.34. The van der Waals surface area contributed by atoms with Gasteiger partial charge in [-0.2, -0.15) is 5.10 Å². The quantitative estimate of drug-likeness (QED) is 0.796. The fraction of sp³-hybridized carbons (Fsp3) is 0.214. The van der Waals surface area contributed by atoms with Gasteiger partial charge in [-0.1, -0.05) is 0 Å². The molecule has 6 nitrogen and oxygen atoms in total. The fourth-order valence-corrected chi connectivity index (χ4v) is 2.07. The van der Waals surface area contributed by atoms with Crippen molar-refractivity contribution in [2.24, 2.45) is 7.05 Å². The Morgan fingerprint density at radius 2 is 2.14 bits per heavy atom. The van der Waals surface area contributed by atoms with Crippen LogP contribution in [0.1, 0.15) is 11.4 Å². The number of nitrogens with two attached hydrogens (primary N) is 1. The molecular weight excluding hydrogens is 273 g/mol. The van der Waals surface area contributed by atoms with Gasteiger partial charge >= 0.3 is 0 Å². The Hall–Kier alpha value is -2.70. The lowest BCUT2D eigenvalue weighted by Crippen LogP contribution is -2.06. The van der Waals surface area contributed by atoms with Crippen molar-refractivity contribution in [2.75, 3.05) is 5.73 Å². The number of fused-ring (bicyclic) bond motifs is 1. The molecule has 2 N–H and O–H groups in total. The minimum absolute atomic E-state index is 0.151. The topological polar surface area (TPSA) is 78.9 Å². The molecule has 0 saturated heterocycles. The average Bonchev–Trinajstić information content (AvgIpc) is 2.80. The third kappa shape index (κ3) is 2.49. The lowest BCUT2D eigenvalue weighted by atomic mass is 10.2. The summed E-state index contributed by atoms with van der Waals surface area (Å²) in [6.07, 6.45) is 1.62. The van der Waals surface area contributed by atoms with E-state index in [9.17, 15) is 4.39 Å². The lowest BCUT2D eigenvalue weighted by molar-refractivity contribution is 0.294. The monoisotopic (exact) mass is 287 g/mol. The molecule has 0 radical (unpaired) electrons. The van der Waals surface area contributed by atoms with E-state index in [0.29, 0.717) is 34.0 Å². The highest BCUT2D eigenvalue weighted by Crippen LogP contribution is 2.21. The van der Waals surface area contributed by atoms with E-state index in [-0.39, 0.29) is 12.4 Å². The summed E-state index contributed by atoms with van der Waals surface area (Å²) >= 11 is 0. The number of anilines is 1. The number of aromatic nitrogens is 4. The van der Waals surface area contributed by atoms with E-state index in [1.807, 2.05) is 0 Å². The summed E-state index contributed by atoms with van der Waals surface area (Å²) in [7, 11) is 1.78. The number of ether oxygens (including phenoxy) is 1. The molecule has 0 aliphatic carbocycles. The maximum absolute atomic E-state index is 13.0. The number of aryl methyl sites for hydroxylation is 2. The Balaban J connectivity index is 1.86. The highest BCUT2D eigenvalue weighted by Gasteiger charge is 2.10. The lowest BCUT2D eigenvalue weighted by Gasteiger charge is -2.09. The first-order chi connectivity index (χ1) is 10.0. The van der Waals surface area contributed by atoms with Crippen LogP contribution in [0.15, 0.2) is 24.4 Å². The van der Waals surface area contributed by atoms with Crippen molar-refractivity contribution in [2.45, 2.75) is 13.5 Å². The number of rotatable bonds is 3. The zero-order valence-electron chi connectivity index (χ0n) is 11.7. The molecule has 108 valence electrons. The van der Waals surface area contributed by atoms with Crippen LogP contribution in [0.25, 0.3) is 11.0 Å². The highest BCUT2D eigenvalue weighted by atomic mass is 19.1. The molecule has 3 aromatic rings. The molecule has 0 spiro atoms. The van der Waals surface area contributed by atoms with Crippen LogP contribution < -0.4 is 10.5 Å². The third-order valence-electron chi connectivity index (χ3n) is 3.16. The molecule has 0 fully saturated rings. The summed E-state index contributed by atoms with van der Waals surface area (Å²) in [5, 5.41) is 4.80. The Morgan fingerprint density at radius 1 is 1.33 bits per heavy atom. The van der Waals surface area contributed by atoms with Gasteiger partial charge in [0.05, 0.1) is 11.6 Å². The number of nitrogen functional groups attached to an aromatic ring is 1. The predicted octanol–water partition coefficient (Wildman–Crippen LogP) is 1.97. The van der Waals surface area contributed by atoms with Crippen LogP contribution >= 0.6 is 0 Å². The molecule has 2 aromatic heterocycles. The molecule has 0 aliphatic heterocycles. The summed E-state index contributed by atoms with van der Waals surface area (Å²) in [6.45, 7) is 1.93. The minimum Gasteiger partial charge on any atom is -0.485 e. The van der Waals surface area contributed by atoms with Gasteiger partial charge < -0.3 is 10.5 Å². The van der Waals surface area contributed by atoms with Crippen LogP contribution in [-0.2, 0) is 13.7 Å². The van der Waals surface area contributed by atoms with E-state index in [1.54, 1.807) is 30.9 Å². The van der Waals surface area contributed by atoms with Gasteiger partial charge in [0.15, 0.2) is 11.5 Å². The van der Waals surface area contributed by atoms with Crippen molar-refractivity contribution in [1.29, 1.82) is 0 Å². The summed E-state index contributed by atoms with van der Waals surface area (Å²) in [5.74, 6) is 1.11. The maximum atomic E-state index is 13.0. The highest BCUT2D eigenvalue weighted by molar-refractivity contribution is 5.84. The molecule has 0 amide bonds. The molecule has 3 rings (SSSR count). The fourth-order valence-electron chi connectivity index (χ4n) is 2.07. The van der Waals surface area contributed by atoms with Crippen molar-refractivity contribution in [3.63, 3.8) is 0 Å². The number of hydrogen-bond acceptors (Lipinski definition) is 5. The normalized spacial score (nSPS) is 11.0. The molecule has 0 unspecified atom stereocenters. The number of benzene rings is 1. The Bertz CT molecular complexity index is 814. The second-order valence-electron chi connectivity index (χ2n) is 4.73. The first kappa shape index (κ1) is 13.3. The standard InChI is InChI=1S/C14H14FN5O/c1-8-5-9(15)3-4-11(8)21-7-12-18-13(16)10-6-17-20(2)14(10)19-12/h3-6H,7H2,1-2H3,(H2,16,18,19). The van der Waals surface area contributed by atoms with Crippen LogP contribution in [0.3, 0.4) is 0 Å². The van der Waals surface area contributed by atoms with Crippen molar-refractivity contribution in [3.8, 4) is 5.75 Å². The molecule has 0 aliphatic rings. The SMILES string of the molecule is Cc1cc(F)ccc1OCc1nc(N)c2cnn(C)c2n1. The first-order valence-corrected chi connectivity index (χ1v) is 6.37. The van der Waals surface area contributed by atoms with Gasteiger partial charge in [0.2, 0.25) is 0 Å². The molecule has 2 heterocycles. The van der Waals surface area contributed by atoms with Crippen LogP contribution in [0.4, 0.5) is 10.2 Å². The Morgan fingerprint density at radius 3 is 2.90 bits per heavy atom. The van der Waals surface area contributed by atoms with Crippen molar-refractivity contribution < 1.29 is 9.13 Å². The summed E-state index contributed by atoms with van der Waals surface area (Å²) in [4.78, 5) is 8.56. The molecule has 21 heavy (non-hydrogen) atoms. The molecule has 0 saturated carbocycles. The number of hydrogen-bond donors (Lipinski definition) is 1. The summed E-state index contributed by atoms with van der Waals surface area (Å²) < 4.78 is 20.3. The van der Waals surface area contributed by atoms with Gasteiger partial charge in [-0.3, -0.25) is 4.68 Å². The molecule has 1 aromatic carbocycles. The summed E-state index contributed by atoms with van der Waals surface area (Å²) in [5.41, 5.74) is 7.24. The van der Waals surface area contributed by atoms with Crippen LogP contribution in [0, 0.1) is 12.7 Å². The molecule has 0 bridgehead atoms. The molecule has 0 atom stereocenters. The van der Waals surface area contributed by atoms with Gasteiger partial charge in [-0.05, 0) is 30.7 Å². The first-order valence-electron chi connectivity index (χ1n) is 6.37. The largest absolute Gasteiger partial charge is 0.485 e. The zero-order valence-corrected chi connectivity index (χ0v) is 11.7. The van der Waals surface area contributed by atoms with E-state index in [2.05, 4.69) is 15.1 Å². The number of nitrogens with zero attached hydrogens (tertiary/aromatic N) is 4. The van der Waals surface area contributed by atoms with Crippen LogP contribution in [0.5, 0.6) is 5.75 Å². The average molecular weight is 287 g/mol. The third-order valence-corrected chi connectivity index (χ3v) is 3.16. The second-order valence-corrected chi connectivity index (χ2v) is 4.73. The van der Waals surface area contributed by atoms with Gasteiger partial charge in [0.25, 0.3) is 0 Å². The maximum Gasteiger partial charge on any atom is 0.170 e. The van der Waals surface area contributed by atoms with Gasteiger partial charge in [0, 0.05) is 7.05 Å². The van der Waals surface area contributed by atoms with Crippen LogP contribution in [0.2, 0.25) is 0 Å². The smallest absolute Gasteiger partial charge is 0.170 e. The minimum atomic E-state index is -0.295. The Kier molecular flexibility index (Phi) is 3.17. The van der Waals surface area contributed by atoms with E-state index >= 15 is 0 Å².